The van der Waals surface area contributed by atoms with Crippen LogP contribution in [-0.4, -0.2) is 32.2 Å². The summed E-state index contributed by atoms with van der Waals surface area (Å²) in [5.41, 5.74) is 0.259. The Morgan fingerprint density at radius 1 is 1.44 bits per heavy atom. The van der Waals surface area contributed by atoms with Gasteiger partial charge in [0.2, 0.25) is 0 Å². The lowest BCUT2D eigenvalue weighted by atomic mass is 10.4. The van der Waals surface area contributed by atoms with E-state index in [1.807, 2.05) is 6.92 Å². The second-order valence-electron chi connectivity index (χ2n) is 3.61. The van der Waals surface area contributed by atoms with E-state index >= 15 is 0 Å². The van der Waals surface area contributed by atoms with Gasteiger partial charge in [0.1, 0.15) is 17.3 Å². The normalized spacial score (nSPS) is 10.1. The second-order valence-corrected chi connectivity index (χ2v) is 3.61. The average molecular weight is 246 g/mol. The Labute approximate surface area is 104 Å². The van der Waals surface area contributed by atoms with Crippen LogP contribution in [0.1, 0.15) is 17.4 Å². The molecule has 0 saturated heterocycles. The van der Waals surface area contributed by atoms with Crippen molar-refractivity contribution in [3.8, 4) is 0 Å². The molecule has 2 N–H and O–H groups in total. The van der Waals surface area contributed by atoms with Crippen molar-refractivity contribution in [3.63, 3.8) is 0 Å². The highest BCUT2D eigenvalue weighted by Gasteiger charge is 2.10. The SMILES string of the molecule is CCNc1cncc(C(=O)Nc2ccnn2C)n1. The Bertz CT molecular complexity index is 550. The van der Waals surface area contributed by atoms with Crippen molar-refractivity contribution in [2.24, 2.45) is 7.05 Å². The Morgan fingerprint density at radius 3 is 2.94 bits per heavy atom. The summed E-state index contributed by atoms with van der Waals surface area (Å²) in [5.74, 6) is 0.872. The van der Waals surface area contributed by atoms with Gasteiger partial charge in [0.15, 0.2) is 0 Å². The van der Waals surface area contributed by atoms with Crippen LogP contribution in [0.2, 0.25) is 0 Å². The molecule has 94 valence electrons. The highest BCUT2D eigenvalue weighted by Crippen LogP contribution is 2.07. The molecule has 0 saturated carbocycles. The molecular formula is C11H14N6O. The Kier molecular flexibility index (Phi) is 3.52. The third-order valence-electron chi connectivity index (χ3n) is 2.29. The molecule has 0 unspecified atom stereocenters. The Morgan fingerprint density at radius 2 is 2.28 bits per heavy atom. The summed E-state index contributed by atoms with van der Waals surface area (Å²) in [7, 11) is 1.75. The second kappa shape index (κ2) is 5.26. The van der Waals surface area contributed by atoms with Crippen LogP contribution in [0.3, 0.4) is 0 Å². The number of carbonyl (C=O) groups excluding carboxylic acids is 1. The number of nitrogens with zero attached hydrogens (tertiary/aromatic N) is 4. The quantitative estimate of drug-likeness (QED) is 0.837. The number of hydrogen-bond donors (Lipinski definition) is 2. The molecule has 0 aliphatic carbocycles. The molecule has 0 aliphatic rings. The standard InChI is InChI=1S/C11H14N6O/c1-3-13-9-7-12-6-8(15-9)11(18)16-10-4-5-14-17(10)2/h4-7H,3H2,1-2H3,(H,13,15)(H,16,18). The van der Waals surface area contributed by atoms with Crippen LogP contribution in [0.15, 0.2) is 24.7 Å². The highest BCUT2D eigenvalue weighted by atomic mass is 16.2. The zero-order valence-corrected chi connectivity index (χ0v) is 10.2. The third kappa shape index (κ3) is 2.62. The minimum atomic E-state index is -0.314. The summed E-state index contributed by atoms with van der Waals surface area (Å²) < 4.78 is 1.57. The van der Waals surface area contributed by atoms with Crippen LogP contribution in [0.5, 0.6) is 0 Å². The van der Waals surface area contributed by atoms with Crippen molar-refractivity contribution in [3.05, 3.63) is 30.4 Å². The zero-order chi connectivity index (χ0) is 13.0. The lowest BCUT2D eigenvalue weighted by Gasteiger charge is -2.06. The summed E-state index contributed by atoms with van der Waals surface area (Å²) in [6.07, 6.45) is 4.60. The first kappa shape index (κ1) is 12.0. The molecule has 0 fully saturated rings. The van der Waals surface area contributed by atoms with Crippen molar-refractivity contribution in [2.75, 3.05) is 17.2 Å². The van der Waals surface area contributed by atoms with E-state index in [4.69, 9.17) is 0 Å². The van der Waals surface area contributed by atoms with Crippen molar-refractivity contribution in [2.45, 2.75) is 6.92 Å². The van der Waals surface area contributed by atoms with Crippen LogP contribution < -0.4 is 10.6 Å². The van der Waals surface area contributed by atoms with Crippen molar-refractivity contribution in [1.82, 2.24) is 19.7 Å². The predicted octanol–water partition coefficient (Wildman–Crippen LogP) is 0.894. The molecule has 1 amide bonds. The number of anilines is 2. The lowest BCUT2D eigenvalue weighted by Crippen LogP contribution is -2.17. The summed E-state index contributed by atoms with van der Waals surface area (Å²) in [6, 6.07) is 1.71. The molecule has 18 heavy (non-hydrogen) atoms. The van der Waals surface area contributed by atoms with Gasteiger partial charge < -0.3 is 10.6 Å². The van der Waals surface area contributed by atoms with Gasteiger partial charge >= 0.3 is 0 Å². The minimum Gasteiger partial charge on any atom is -0.369 e. The monoisotopic (exact) mass is 246 g/mol. The number of nitrogens with one attached hydrogen (secondary N) is 2. The van der Waals surface area contributed by atoms with E-state index in [0.717, 1.165) is 6.54 Å². The molecule has 2 aromatic heterocycles. The van der Waals surface area contributed by atoms with Crippen LogP contribution >= 0.6 is 0 Å². The maximum Gasteiger partial charge on any atom is 0.277 e. The molecule has 2 rings (SSSR count). The predicted molar refractivity (Wildman–Crippen MR) is 67.4 cm³/mol. The first-order valence-electron chi connectivity index (χ1n) is 5.56. The molecule has 2 heterocycles. The van der Waals surface area contributed by atoms with Crippen molar-refractivity contribution < 1.29 is 4.79 Å². The Hall–Kier alpha value is -2.44. The number of rotatable bonds is 4. The maximum absolute atomic E-state index is 11.9. The fourth-order valence-corrected chi connectivity index (χ4v) is 1.42. The highest BCUT2D eigenvalue weighted by molar-refractivity contribution is 6.02. The largest absolute Gasteiger partial charge is 0.369 e. The van der Waals surface area contributed by atoms with Gasteiger partial charge in [0.05, 0.1) is 18.6 Å². The molecule has 0 radical (unpaired) electrons. The van der Waals surface area contributed by atoms with E-state index in [9.17, 15) is 4.79 Å². The zero-order valence-electron chi connectivity index (χ0n) is 10.2. The third-order valence-corrected chi connectivity index (χ3v) is 2.29. The summed E-state index contributed by atoms with van der Waals surface area (Å²) >= 11 is 0. The molecule has 7 nitrogen and oxygen atoms in total. The first-order valence-corrected chi connectivity index (χ1v) is 5.56. The summed E-state index contributed by atoms with van der Waals surface area (Å²) in [4.78, 5) is 20.1. The fraction of sp³-hybridized carbons (Fsp3) is 0.273. The van der Waals surface area contributed by atoms with Crippen LogP contribution in [0, 0.1) is 0 Å². The average Bonchev–Trinajstić information content (AvgIpc) is 2.76. The van der Waals surface area contributed by atoms with Gasteiger partial charge in [0, 0.05) is 19.7 Å². The van der Waals surface area contributed by atoms with E-state index in [0.29, 0.717) is 11.6 Å². The van der Waals surface area contributed by atoms with Gasteiger partial charge in [-0.05, 0) is 6.92 Å². The van der Waals surface area contributed by atoms with Crippen LogP contribution in [-0.2, 0) is 7.05 Å². The molecule has 2 aromatic rings. The van der Waals surface area contributed by atoms with Crippen LogP contribution in [0.25, 0.3) is 0 Å². The number of aryl methyl sites for hydroxylation is 1. The molecular weight excluding hydrogens is 232 g/mol. The van der Waals surface area contributed by atoms with Crippen molar-refractivity contribution >= 4 is 17.5 Å². The van der Waals surface area contributed by atoms with Gasteiger partial charge in [-0.15, -0.1) is 0 Å². The molecule has 0 bridgehead atoms. The van der Waals surface area contributed by atoms with E-state index in [2.05, 4.69) is 25.7 Å². The van der Waals surface area contributed by atoms with E-state index in [1.54, 1.807) is 30.2 Å². The van der Waals surface area contributed by atoms with E-state index in [1.165, 1.54) is 6.20 Å². The number of carbonyl (C=O) groups is 1. The number of amides is 1. The lowest BCUT2D eigenvalue weighted by molar-refractivity contribution is 0.102. The molecule has 0 aliphatic heterocycles. The van der Waals surface area contributed by atoms with Gasteiger partial charge in [-0.1, -0.05) is 0 Å². The summed E-state index contributed by atoms with van der Waals surface area (Å²) in [6.45, 7) is 2.67. The van der Waals surface area contributed by atoms with Crippen molar-refractivity contribution in [1.29, 1.82) is 0 Å². The number of aromatic nitrogens is 4. The molecule has 0 spiro atoms. The number of hydrogen-bond acceptors (Lipinski definition) is 5. The fourth-order valence-electron chi connectivity index (χ4n) is 1.42. The molecule has 0 aromatic carbocycles. The van der Waals surface area contributed by atoms with E-state index < -0.39 is 0 Å². The first-order chi connectivity index (χ1) is 8.70. The molecule has 7 heteroatoms. The smallest absolute Gasteiger partial charge is 0.277 e. The van der Waals surface area contributed by atoms with Gasteiger partial charge in [0.25, 0.3) is 5.91 Å². The molecule has 0 atom stereocenters. The van der Waals surface area contributed by atoms with E-state index in [-0.39, 0.29) is 11.6 Å². The van der Waals surface area contributed by atoms with Gasteiger partial charge in [-0.25, -0.2) is 4.98 Å². The minimum absolute atomic E-state index is 0.259. The Balaban J connectivity index is 2.14. The maximum atomic E-state index is 11.9. The summed E-state index contributed by atoms with van der Waals surface area (Å²) in [5, 5.41) is 9.67. The van der Waals surface area contributed by atoms with Crippen LogP contribution in [0.4, 0.5) is 11.6 Å². The topological polar surface area (TPSA) is 84.7 Å². The van der Waals surface area contributed by atoms with Gasteiger partial charge in [-0.3, -0.25) is 14.5 Å². The van der Waals surface area contributed by atoms with Gasteiger partial charge in [-0.2, -0.15) is 5.10 Å².